The standard InChI is InChI=1S/C16H22N4O2/c1-3-18(4-2)14-7-9-19(10-8-14)15-5-6-16(20(21)22)13(11-15)12-17/h5-6,11,14H,3-4,7-10H2,1-2H3. The molecule has 0 atom stereocenters. The highest BCUT2D eigenvalue weighted by Gasteiger charge is 2.24. The second kappa shape index (κ2) is 7.23. The van der Waals surface area contributed by atoms with E-state index in [1.807, 2.05) is 6.07 Å². The topological polar surface area (TPSA) is 73.4 Å². The average molecular weight is 302 g/mol. The Hall–Kier alpha value is -2.13. The number of nitro groups is 1. The van der Waals surface area contributed by atoms with Crippen molar-refractivity contribution < 1.29 is 4.92 Å². The first kappa shape index (κ1) is 16.2. The number of nitro benzene ring substituents is 1. The molecule has 1 fully saturated rings. The summed E-state index contributed by atoms with van der Waals surface area (Å²) in [5, 5.41) is 20.0. The van der Waals surface area contributed by atoms with Crippen LogP contribution in [0.5, 0.6) is 0 Å². The molecule has 1 aliphatic rings. The van der Waals surface area contributed by atoms with Crippen LogP contribution in [-0.2, 0) is 0 Å². The van der Waals surface area contributed by atoms with Crippen LogP contribution in [0.2, 0.25) is 0 Å². The second-order valence-corrected chi connectivity index (χ2v) is 5.51. The molecule has 0 aromatic heterocycles. The lowest BCUT2D eigenvalue weighted by Crippen LogP contribution is -2.44. The fourth-order valence-electron chi connectivity index (χ4n) is 3.20. The van der Waals surface area contributed by atoms with Gasteiger partial charge in [-0.05, 0) is 38.1 Å². The number of piperidine rings is 1. The highest BCUT2D eigenvalue weighted by Crippen LogP contribution is 2.27. The summed E-state index contributed by atoms with van der Waals surface area (Å²) < 4.78 is 0. The number of benzene rings is 1. The quantitative estimate of drug-likeness (QED) is 0.617. The first-order valence-corrected chi connectivity index (χ1v) is 7.78. The Labute approximate surface area is 131 Å². The number of nitriles is 1. The van der Waals surface area contributed by atoms with E-state index in [2.05, 4.69) is 23.6 Å². The largest absolute Gasteiger partial charge is 0.371 e. The summed E-state index contributed by atoms with van der Waals surface area (Å²) in [5.41, 5.74) is 0.915. The molecule has 1 saturated heterocycles. The molecule has 118 valence electrons. The predicted octanol–water partition coefficient (Wildman–Crippen LogP) is 2.78. The summed E-state index contributed by atoms with van der Waals surface area (Å²) in [6.07, 6.45) is 2.17. The van der Waals surface area contributed by atoms with E-state index < -0.39 is 4.92 Å². The molecule has 0 unspecified atom stereocenters. The van der Waals surface area contributed by atoms with Gasteiger partial charge in [-0.3, -0.25) is 10.1 Å². The molecule has 1 aromatic carbocycles. The van der Waals surface area contributed by atoms with Gasteiger partial charge in [0.2, 0.25) is 0 Å². The molecule has 0 amide bonds. The van der Waals surface area contributed by atoms with Gasteiger partial charge < -0.3 is 9.80 Å². The maximum Gasteiger partial charge on any atom is 0.287 e. The molecule has 1 aromatic rings. The van der Waals surface area contributed by atoms with Crippen LogP contribution in [0.25, 0.3) is 0 Å². The van der Waals surface area contributed by atoms with Crippen LogP contribution >= 0.6 is 0 Å². The molecule has 1 aliphatic heterocycles. The molecule has 2 rings (SSSR count). The lowest BCUT2D eigenvalue weighted by molar-refractivity contribution is -0.385. The van der Waals surface area contributed by atoms with Gasteiger partial charge in [0.1, 0.15) is 11.6 Å². The van der Waals surface area contributed by atoms with Gasteiger partial charge >= 0.3 is 0 Å². The lowest BCUT2D eigenvalue weighted by atomic mass is 10.0. The van der Waals surface area contributed by atoms with E-state index in [0.29, 0.717) is 6.04 Å². The third-order valence-corrected chi connectivity index (χ3v) is 4.46. The van der Waals surface area contributed by atoms with Crippen LogP contribution < -0.4 is 4.90 Å². The predicted molar refractivity (Wildman–Crippen MR) is 86.0 cm³/mol. The SMILES string of the molecule is CCN(CC)C1CCN(c2ccc([N+](=O)[O-])c(C#N)c2)CC1. The van der Waals surface area contributed by atoms with Gasteiger partial charge in [-0.2, -0.15) is 5.26 Å². The highest BCUT2D eigenvalue weighted by molar-refractivity contribution is 5.60. The van der Waals surface area contributed by atoms with Gasteiger partial charge in [0, 0.05) is 30.9 Å². The normalized spacial score (nSPS) is 15.8. The summed E-state index contributed by atoms with van der Waals surface area (Å²) in [7, 11) is 0. The van der Waals surface area contributed by atoms with Crippen molar-refractivity contribution in [1.82, 2.24) is 4.90 Å². The van der Waals surface area contributed by atoms with Crippen molar-refractivity contribution in [2.24, 2.45) is 0 Å². The van der Waals surface area contributed by atoms with Crippen molar-refractivity contribution in [3.8, 4) is 6.07 Å². The first-order chi connectivity index (χ1) is 10.6. The van der Waals surface area contributed by atoms with Crippen LogP contribution in [0, 0.1) is 21.4 Å². The average Bonchev–Trinajstić information content (AvgIpc) is 2.56. The molecule has 6 nitrogen and oxygen atoms in total. The zero-order valence-corrected chi connectivity index (χ0v) is 13.2. The fourth-order valence-corrected chi connectivity index (χ4v) is 3.20. The third kappa shape index (κ3) is 3.37. The van der Waals surface area contributed by atoms with E-state index >= 15 is 0 Å². The Kier molecular flexibility index (Phi) is 5.34. The Balaban J connectivity index is 2.09. The Morgan fingerprint density at radius 2 is 2.00 bits per heavy atom. The second-order valence-electron chi connectivity index (χ2n) is 5.51. The zero-order valence-electron chi connectivity index (χ0n) is 13.2. The maximum atomic E-state index is 10.9. The zero-order chi connectivity index (χ0) is 16.1. The molecule has 0 bridgehead atoms. The van der Waals surface area contributed by atoms with E-state index in [1.54, 1.807) is 12.1 Å². The van der Waals surface area contributed by atoms with Gasteiger partial charge in [0.25, 0.3) is 5.69 Å². The summed E-state index contributed by atoms with van der Waals surface area (Å²) in [6.45, 7) is 8.35. The van der Waals surface area contributed by atoms with Crippen LogP contribution in [-0.4, -0.2) is 42.0 Å². The molecular weight excluding hydrogens is 280 g/mol. The molecule has 0 saturated carbocycles. The molecule has 0 spiro atoms. The molecule has 6 heteroatoms. The Bertz CT molecular complexity index is 570. The van der Waals surface area contributed by atoms with E-state index in [0.717, 1.165) is 44.7 Å². The molecule has 0 aliphatic carbocycles. The van der Waals surface area contributed by atoms with Gasteiger partial charge in [-0.15, -0.1) is 0 Å². The first-order valence-electron chi connectivity index (χ1n) is 7.78. The minimum absolute atomic E-state index is 0.121. The summed E-state index contributed by atoms with van der Waals surface area (Å²) in [5.74, 6) is 0. The monoisotopic (exact) mass is 302 g/mol. The minimum atomic E-state index is -0.505. The number of anilines is 1. The molecular formula is C16H22N4O2. The Morgan fingerprint density at radius 3 is 2.50 bits per heavy atom. The van der Waals surface area contributed by atoms with Crippen LogP contribution in [0.15, 0.2) is 18.2 Å². The minimum Gasteiger partial charge on any atom is -0.371 e. The van der Waals surface area contributed by atoms with Crippen molar-refractivity contribution in [3.63, 3.8) is 0 Å². The molecule has 0 radical (unpaired) electrons. The van der Waals surface area contributed by atoms with Crippen LogP contribution in [0.4, 0.5) is 11.4 Å². The lowest BCUT2D eigenvalue weighted by Gasteiger charge is -2.38. The summed E-state index contributed by atoms with van der Waals surface area (Å²) >= 11 is 0. The third-order valence-electron chi connectivity index (χ3n) is 4.46. The maximum absolute atomic E-state index is 10.9. The molecule has 22 heavy (non-hydrogen) atoms. The Morgan fingerprint density at radius 1 is 1.36 bits per heavy atom. The highest BCUT2D eigenvalue weighted by atomic mass is 16.6. The van der Waals surface area contributed by atoms with Gasteiger partial charge in [0.15, 0.2) is 0 Å². The van der Waals surface area contributed by atoms with Crippen molar-refractivity contribution in [1.29, 1.82) is 5.26 Å². The van der Waals surface area contributed by atoms with Gasteiger partial charge in [0.05, 0.1) is 4.92 Å². The van der Waals surface area contributed by atoms with E-state index in [4.69, 9.17) is 5.26 Å². The van der Waals surface area contributed by atoms with E-state index in [9.17, 15) is 10.1 Å². The molecule has 0 N–H and O–H groups in total. The number of nitrogens with zero attached hydrogens (tertiary/aromatic N) is 4. The number of hydrogen-bond acceptors (Lipinski definition) is 5. The number of rotatable bonds is 5. The molecule has 1 heterocycles. The smallest absolute Gasteiger partial charge is 0.287 e. The van der Waals surface area contributed by atoms with Gasteiger partial charge in [-0.25, -0.2) is 0 Å². The van der Waals surface area contributed by atoms with Crippen molar-refractivity contribution in [2.45, 2.75) is 32.7 Å². The summed E-state index contributed by atoms with van der Waals surface area (Å²) in [4.78, 5) is 15.1. The van der Waals surface area contributed by atoms with Crippen molar-refractivity contribution in [3.05, 3.63) is 33.9 Å². The number of hydrogen-bond donors (Lipinski definition) is 0. The summed E-state index contributed by atoms with van der Waals surface area (Å²) in [6, 6.07) is 7.35. The van der Waals surface area contributed by atoms with Gasteiger partial charge in [-0.1, -0.05) is 13.8 Å². The fraction of sp³-hybridized carbons (Fsp3) is 0.562. The van der Waals surface area contributed by atoms with E-state index in [-0.39, 0.29) is 11.3 Å². The van der Waals surface area contributed by atoms with Crippen molar-refractivity contribution in [2.75, 3.05) is 31.1 Å². The van der Waals surface area contributed by atoms with Crippen molar-refractivity contribution >= 4 is 11.4 Å². The van der Waals surface area contributed by atoms with Crippen LogP contribution in [0.3, 0.4) is 0 Å². The van der Waals surface area contributed by atoms with E-state index in [1.165, 1.54) is 6.07 Å². The van der Waals surface area contributed by atoms with Crippen LogP contribution in [0.1, 0.15) is 32.3 Å².